The Morgan fingerprint density at radius 2 is 1.78 bits per heavy atom. The molecule has 2 aromatic heterocycles. The third-order valence-electron chi connectivity index (χ3n) is 3.24. The largest absolute Gasteiger partial charge is 0.479 e. The lowest BCUT2D eigenvalue weighted by atomic mass is 10.2. The van der Waals surface area contributed by atoms with Crippen molar-refractivity contribution in [2.75, 3.05) is 0 Å². The van der Waals surface area contributed by atoms with Gasteiger partial charge in [-0.2, -0.15) is 0 Å². The summed E-state index contributed by atoms with van der Waals surface area (Å²) in [7, 11) is 0. The molecule has 4 rings (SSSR count). The van der Waals surface area contributed by atoms with Gasteiger partial charge in [-0.3, -0.25) is 0 Å². The van der Waals surface area contributed by atoms with E-state index in [9.17, 15) is 5.11 Å². The second kappa shape index (κ2) is 5.66. The maximum atomic E-state index is 9.87. The number of benzene rings is 2. The van der Waals surface area contributed by atoms with Crippen molar-refractivity contribution in [3.8, 4) is 17.4 Å². The van der Waals surface area contributed by atoms with Gasteiger partial charge in [0.25, 0.3) is 0 Å². The number of aromatic hydroxyl groups is 1. The standard InChI is InChI=1S/C17H11N3O2S/c21-16-13(19-15(22-16)11-6-2-1-3-7-11)10-18-17-20-12-8-4-5-9-14(12)23-17/h1-10,21H/b18-10+. The number of hydrogen-bond donors (Lipinski definition) is 1. The monoisotopic (exact) mass is 321 g/mol. The van der Waals surface area contributed by atoms with Gasteiger partial charge in [0.15, 0.2) is 5.69 Å². The highest BCUT2D eigenvalue weighted by atomic mass is 32.1. The van der Waals surface area contributed by atoms with Crippen molar-refractivity contribution in [1.29, 1.82) is 0 Å². The minimum Gasteiger partial charge on any atom is -0.479 e. The maximum Gasteiger partial charge on any atom is 0.312 e. The summed E-state index contributed by atoms with van der Waals surface area (Å²) in [5.74, 6) is 0.0996. The molecular formula is C17H11N3O2S. The molecule has 0 saturated carbocycles. The fourth-order valence-electron chi connectivity index (χ4n) is 2.14. The van der Waals surface area contributed by atoms with Crippen molar-refractivity contribution in [1.82, 2.24) is 9.97 Å². The number of hydrogen-bond acceptors (Lipinski definition) is 6. The van der Waals surface area contributed by atoms with Gasteiger partial charge in [-0.15, -0.1) is 0 Å². The predicted octanol–water partition coefficient (Wildman–Crippen LogP) is 4.41. The molecule has 0 aliphatic heterocycles. The van der Waals surface area contributed by atoms with Gasteiger partial charge < -0.3 is 9.52 Å². The van der Waals surface area contributed by atoms with Crippen LogP contribution in [0.2, 0.25) is 0 Å². The first-order valence-corrected chi connectivity index (χ1v) is 7.76. The van der Waals surface area contributed by atoms with E-state index in [0.717, 1.165) is 15.8 Å². The molecule has 0 aliphatic carbocycles. The molecule has 2 heterocycles. The highest BCUT2D eigenvalue weighted by Gasteiger charge is 2.12. The summed E-state index contributed by atoms with van der Waals surface area (Å²) < 4.78 is 6.35. The van der Waals surface area contributed by atoms with Crippen LogP contribution in [0.4, 0.5) is 5.13 Å². The summed E-state index contributed by atoms with van der Waals surface area (Å²) in [6, 6.07) is 17.2. The van der Waals surface area contributed by atoms with Crippen LogP contribution >= 0.6 is 11.3 Å². The van der Waals surface area contributed by atoms with E-state index in [1.165, 1.54) is 17.6 Å². The molecule has 112 valence electrons. The lowest BCUT2D eigenvalue weighted by molar-refractivity contribution is 0.337. The first-order valence-electron chi connectivity index (χ1n) is 6.94. The molecule has 0 amide bonds. The molecule has 0 spiro atoms. The Hall–Kier alpha value is -2.99. The average Bonchev–Trinajstić information content (AvgIpc) is 3.16. The Labute approximate surface area is 135 Å². The Morgan fingerprint density at radius 3 is 2.61 bits per heavy atom. The number of thiazole rings is 1. The van der Waals surface area contributed by atoms with Crippen molar-refractivity contribution in [2.24, 2.45) is 4.99 Å². The molecule has 0 bridgehead atoms. The zero-order valence-electron chi connectivity index (χ0n) is 11.9. The fourth-order valence-corrected chi connectivity index (χ4v) is 2.95. The molecule has 0 atom stereocenters. The molecule has 0 radical (unpaired) electrons. The van der Waals surface area contributed by atoms with Gasteiger partial charge in [0, 0.05) is 5.56 Å². The topological polar surface area (TPSA) is 71.5 Å². The van der Waals surface area contributed by atoms with E-state index in [-0.39, 0.29) is 11.6 Å². The smallest absolute Gasteiger partial charge is 0.312 e. The Morgan fingerprint density at radius 1 is 1.00 bits per heavy atom. The Kier molecular flexibility index (Phi) is 3.36. The van der Waals surface area contributed by atoms with Crippen LogP contribution in [0.5, 0.6) is 5.95 Å². The summed E-state index contributed by atoms with van der Waals surface area (Å²) in [6.07, 6.45) is 1.46. The van der Waals surface area contributed by atoms with Gasteiger partial charge in [-0.25, -0.2) is 15.0 Å². The van der Waals surface area contributed by atoms with Gasteiger partial charge in [-0.05, 0) is 24.3 Å². The van der Waals surface area contributed by atoms with Crippen LogP contribution < -0.4 is 0 Å². The first kappa shape index (κ1) is 13.7. The number of rotatable bonds is 3. The van der Waals surface area contributed by atoms with Crippen molar-refractivity contribution < 1.29 is 9.52 Å². The molecule has 23 heavy (non-hydrogen) atoms. The Bertz CT molecular complexity index is 956. The molecule has 5 nitrogen and oxygen atoms in total. The summed E-state index contributed by atoms with van der Waals surface area (Å²) in [6.45, 7) is 0. The molecule has 1 N–H and O–H groups in total. The van der Waals surface area contributed by atoms with Crippen molar-refractivity contribution in [2.45, 2.75) is 0 Å². The lowest BCUT2D eigenvalue weighted by Crippen LogP contribution is -1.82. The van der Waals surface area contributed by atoms with E-state index in [2.05, 4.69) is 15.0 Å². The SMILES string of the molecule is Oc1oc(-c2ccccc2)nc1/C=N/c1nc2ccccc2s1. The number of aliphatic imine (C=N–C) groups is 1. The summed E-state index contributed by atoms with van der Waals surface area (Å²) >= 11 is 1.48. The van der Waals surface area contributed by atoms with Gasteiger partial charge in [0.1, 0.15) is 0 Å². The van der Waals surface area contributed by atoms with E-state index in [1.807, 2.05) is 54.6 Å². The molecule has 0 saturated heterocycles. The first-order chi connectivity index (χ1) is 11.3. The minimum atomic E-state index is -0.256. The molecule has 0 unspecified atom stereocenters. The third kappa shape index (κ3) is 2.72. The van der Waals surface area contributed by atoms with Crippen molar-refractivity contribution >= 4 is 32.9 Å². The number of fused-ring (bicyclic) bond motifs is 1. The normalized spacial score (nSPS) is 11.5. The number of oxazole rings is 1. The van der Waals surface area contributed by atoms with Crippen molar-refractivity contribution in [3.05, 3.63) is 60.3 Å². The summed E-state index contributed by atoms with van der Waals surface area (Å²) in [5, 5.41) is 10.5. The third-order valence-corrected chi connectivity index (χ3v) is 4.18. The molecule has 0 fully saturated rings. The Balaban J connectivity index is 1.64. The average molecular weight is 321 g/mol. The second-order valence-corrected chi connectivity index (χ2v) is 5.81. The zero-order valence-corrected chi connectivity index (χ0v) is 12.7. The van der Waals surface area contributed by atoms with Crippen LogP contribution in [0.25, 0.3) is 21.7 Å². The number of aromatic nitrogens is 2. The van der Waals surface area contributed by atoms with E-state index < -0.39 is 0 Å². The predicted molar refractivity (Wildman–Crippen MR) is 90.5 cm³/mol. The van der Waals surface area contributed by atoms with Gasteiger partial charge in [0.05, 0.1) is 16.4 Å². The fraction of sp³-hybridized carbons (Fsp3) is 0. The highest BCUT2D eigenvalue weighted by molar-refractivity contribution is 7.22. The maximum absolute atomic E-state index is 9.87. The zero-order chi connectivity index (χ0) is 15.6. The van der Waals surface area contributed by atoms with E-state index >= 15 is 0 Å². The summed E-state index contributed by atoms with van der Waals surface area (Å²) in [4.78, 5) is 12.9. The molecule has 2 aromatic carbocycles. The number of para-hydroxylation sites is 1. The summed E-state index contributed by atoms with van der Waals surface area (Å²) in [5.41, 5.74) is 1.98. The minimum absolute atomic E-state index is 0.256. The molecular weight excluding hydrogens is 310 g/mol. The van der Waals surface area contributed by atoms with Crippen LogP contribution in [-0.4, -0.2) is 21.3 Å². The lowest BCUT2D eigenvalue weighted by Gasteiger charge is -1.91. The quantitative estimate of drug-likeness (QED) is 0.567. The molecule has 6 heteroatoms. The van der Waals surface area contributed by atoms with Gasteiger partial charge >= 0.3 is 5.95 Å². The van der Waals surface area contributed by atoms with Crippen LogP contribution in [0, 0.1) is 0 Å². The van der Waals surface area contributed by atoms with Crippen LogP contribution in [0.1, 0.15) is 5.69 Å². The van der Waals surface area contributed by atoms with E-state index in [4.69, 9.17) is 4.42 Å². The van der Waals surface area contributed by atoms with E-state index in [1.54, 1.807) is 0 Å². The van der Waals surface area contributed by atoms with E-state index in [0.29, 0.717) is 11.0 Å². The van der Waals surface area contributed by atoms with Crippen LogP contribution in [0.15, 0.2) is 64.0 Å². The van der Waals surface area contributed by atoms with Crippen LogP contribution in [-0.2, 0) is 0 Å². The van der Waals surface area contributed by atoms with Crippen LogP contribution in [0.3, 0.4) is 0 Å². The second-order valence-electron chi connectivity index (χ2n) is 4.80. The molecule has 4 aromatic rings. The van der Waals surface area contributed by atoms with Crippen molar-refractivity contribution in [3.63, 3.8) is 0 Å². The van der Waals surface area contributed by atoms with Gasteiger partial charge in [-0.1, -0.05) is 41.7 Å². The number of nitrogens with zero attached hydrogens (tertiary/aromatic N) is 3. The highest BCUT2D eigenvalue weighted by Crippen LogP contribution is 2.29. The van der Waals surface area contributed by atoms with Gasteiger partial charge in [0.2, 0.25) is 11.0 Å². The molecule has 0 aliphatic rings.